The van der Waals surface area contributed by atoms with Gasteiger partial charge in [-0.05, 0) is 38.8 Å². The Bertz CT molecular complexity index is 446. The molecule has 1 heterocycles. The van der Waals surface area contributed by atoms with Gasteiger partial charge in [0.15, 0.2) is 0 Å². The molecule has 1 saturated heterocycles. The van der Waals surface area contributed by atoms with Gasteiger partial charge >= 0.3 is 5.97 Å². The number of ether oxygens (including phenoxy) is 1. The summed E-state index contributed by atoms with van der Waals surface area (Å²) in [7, 11) is 0. The second-order valence-electron chi connectivity index (χ2n) is 5.33. The van der Waals surface area contributed by atoms with Crippen molar-refractivity contribution in [1.82, 2.24) is 4.90 Å². The molecule has 0 saturated carbocycles. The molecular weight excluding hydrogens is 254 g/mol. The fourth-order valence-electron chi connectivity index (χ4n) is 3.05. The molecule has 1 aliphatic heterocycles. The van der Waals surface area contributed by atoms with Crippen LogP contribution in [-0.4, -0.2) is 40.8 Å². The minimum atomic E-state index is -0.897. The third kappa shape index (κ3) is 2.72. The maximum Gasteiger partial charge on any atom is 0.329 e. The van der Waals surface area contributed by atoms with Gasteiger partial charge in [0.2, 0.25) is 0 Å². The van der Waals surface area contributed by atoms with E-state index in [4.69, 9.17) is 4.74 Å². The highest BCUT2D eigenvalue weighted by Gasteiger charge is 2.52. The van der Waals surface area contributed by atoms with Crippen LogP contribution in [0, 0.1) is 0 Å². The average molecular weight is 277 g/mol. The number of esters is 1. The lowest BCUT2D eigenvalue weighted by Crippen LogP contribution is -2.58. The van der Waals surface area contributed by atoms with Crippen LogP contribution in [-0.2, 0) is 16.1 Å². The molecule has 0 spiro atoms. The number of aliphatic hydroxyl groups is 1. The van der Waals surface area contributed by atoms with Crippen LogP contribution in [0.5, 0.6) is 0 Å². The Morgan fingerprint density at radius 3 is 2.75 bits per heavy atom. The Morgan fingerprint density at radius 1 is 1.45 bits per heavy atom. The number of benzene rings is 1. The van der Waals surface area contributed by atoms with Crippen molar-refractivity contribution in [2.75, 3.05) is 13.2 Å². The van der Waals surface area contributed by atoms with E-state index in [0.29, 0.717) is 19.6 Å². The van der Waals surface area contributed by atoms with E-state index in [1.165, 1.54) is 0 Å². The highest BCUT2D eigenvalue weighted by Crippen LogP contribution is 2.35. The molecular formula is C16H23NO3. The molecule has 1 fully saturated rings. The smallest absolute Gasteiger partial charge is 0.329 e. The number of aliphatic hydroxyl groups excluding tert-OH is 1. The first-order valence-electron chi connectivity index (χ1n) is 7.25. The van der Waals surface area contributed by atoms with Gasteiger partial charge in [0.1, 0.15) is 5.54 Å². The van der Waals surface area contributed by atoms with Crippen LogP contribution in [0.3, 0.4) is 0 Å². The number of carbonyl (C=O) groups is 1. The molecule has 4 heteroatoms. The lowest BCUT2D eigenvalue weighted by atomic mass is 9.89. The number of rotatable bonds is 5. The molecule has 2 unspecified atom stereocenters. The first-order valence-corrected chi connectivity index (χ1v) is 7.25. The molecule has 0 aliphatic carbocycles. The molecule has 1 aromatic rings. The minimum Gasteiger partial charge on any atom is -0.465 e. The summed E-state index contributed by atoms with van der Waals surface area (Å²) >= 11 is 0. The highest BCUT2D eigenvalue weighted by molar-refractivity contribution is 5.82. The maximum absolute atomic E-state index is 12.4. The van der Waals surface area contributed by atoms with Crippen molar-refractivity contribution in [1.29, 1.82) is 0 Å². The van der Waals surface area contributed by atoms with Gasteiger partial charge in [0.05, 0.1) is 12.7 Å². The van der Waals surface area contributed by atoms with Crippen molar-refractivity contribution in [3.8, 4) is 0 Å². The Labute approximate surface area is 120 Å². The SMILES string of the molecule is CCOC(=O)C1(C(C)O)CCCN1Cc1ccccc1. The normalized spacial score (nSPS) is 24.6. The fourth-order valence-corrected chi connectivity index (χ4v) is 3.05. The predicted molar refractivity (Wildman–Crippen MR) is 77.1 cm³/mol. The van der Waals surface area contributed by atoms with Crippen molar-refractivity contribution in [2.24, 2.45) is 0 Å². The summed E-state index contributed by atoms with van der Waals surface area (Å²) in [5.41, 5.74) is 0.245. The molecule has 0 bridgehead atoms. The summed E-state index contributed by atoms with van der Waals surface area (Å²) in [6.45, 7) is 5.28. The van der Waals surface area contributed by atoms with Crippen LogP contribution in [0.2, 0.25) is 0 Å². The molecule has 2 atom stereocenters. The van der Waals surface area contributed by atoms with E-state index in [9.17, 15) is 9.90 Å². The molecule has 1 N–H and O–H groups in total. The van der Waals surface area contributed by atoms with E-state index in [1.807, 2.05) is 30.3 Å². The number of likely N-dealkylation sites (tertiary alicyclic amines) is 1. The minimum absolute atomic E-state index is 0.302. The molecule has 110 valence electrons. The zero-order valence-corrected chi connectivity index (χ0v) is 12.2. The largest absolute Gasteiger partial charge is 0.465 e. The number of hydrogen-bond donors (Lipinski definition) is 1. The van der Waals surface area contributed by atoms with Crippen LogP contribution in [0.4, 0.5) is 0 Å². The van der Waals surface area contributed by atoms with Gasteiger partial charge in [-0.1, -0.05) is 30.3 Å². The third-order valence-corrected chi connectivity index (χ3v) is 4.09. The Hall–Kier alpha value is -1.39. The van der Waals surface area contributed by atoms with E-state index < -0.39 is 11.6 Å². The van der Waals surface area contributed by atoms with Gasteiger partial charge in [0.25, 0.3) is 0 Å². The predicted octanol–water partition coefficient (Wildman–Crippen LogP) is 1.97. The Morgan fingerprint density at radius 2 is 2.15 bits per heavy atom. The summed E-state index contributed by atoms with van der Waals surface area (Å²) in [6.07, 6.45) is 0.806. The Balaban J connectivity index is 2.23. The van der Waals surface area contributed by atoms with Crippen LogP contribution in [0.25, 0.3) is 0 Å². The van der Waals surface area contributed by atoms with Crippen LogP contribution >= 0.6 is 0 Å². The van der Waals surface area contributed by atoms with Gasteiger partial charge in [-0.3, -0.25) is 4.90 Å². The van der Waals surface area contributed by atoms with Crippen molar-refractivity contribution >= 4 is 5.97 Å². The number of carbonyl (C=O) groups excluding carboxylic acids is 1. The zero-order chi connectivity index (χ0) is 14.6. The standard InChI is InChI=1S/C16H23NO3/c1-3-20-15(19)16(13(2)18)10-7-11-17(16)12-14-8-5-4-6-9-14/h4-6,8-9,13,18H,3,7,10-12H2,1-2H3. The molecule has 1 aromatic carbocycles. The first-order chi connectivity index (χ1) is 9.61. The average Bonchev–Trinajstić information content (AvgIpc) is 2.85. The monoisotopic (exact) mass is 277 g/mol. The van der Waals surface area contributed by atoms with Crippen molar-refractivity contribution in [2.45, 2.75) is 44.9 Å². The lowest BCUT2D eigenvalue weighted by molar-refractivity contribution is -0.164. The van der Waals surface area contributed by atoms with E-state index >= 15 is 0 Å². The third-order valence-electron chi connectivity index (χ3n) is 4.09. The Kier molecular flexibility index (Phi) is 4.78. The van der Waals surface area contributed by atoms with Crippen molar-refractivity contribution in [3.05, 3.63) is 35.9 Å². The fraction of sp³-hybridized carbons (Fsp3) is 0.562. The van der Waals surface area contributed by atoms with E-state index in [-0.39, 0.29) is 5.97 Å². The zero-order valence-electron chi connectivity index (χ0n) is 12.2. The second-order valence-corrected chi connectivity index (χ2v) is 5.33. The number of nitrogens with zero attached hydrogens (tertiary/aromatic N) is 1. The highest BCUT2D eigenvalue weighted by atomic mass is 16.5. The molecule has 20 heavy (non-hydrogen) atoms. The summed E-state index contributed by atoms with van der Waals surface area (Å²) in [5.74, 6) is -0.302. The lowest BCUT2D eigenvalue weighted by Gasteiger charge is -2.38. The van der Waals surface area contributed by atoms with Crippen molar-refractivity contribution < 1.29 is 14.6 Å². The quantitative estimate of drug-likeness (QED) is 0.836. The summed E-state index contributed by atoms with van der Waals surface area (Å²) in [6, 6.07) is 10.0. The molecule has 2 rings (SSSR count). The van der Waals surface area contributed by atoms with Crippen LogP contribution in [0.1, 0.15) is 32.3 Å². The van der Waals surface area contributed by atoms with E-state index in [2.05, 4.69) is 4.90 Å². The summed E-state index contributed by atoms with van der Waals surface area (Å²) in [5, 5.41) is 10.2. The van der Waals surface area contributed by atoms with Gasteiger partial charge < -0.3 is 9.84 Å². The van der Waals surface area contributed by atoms with E-state index in [1.54, 1.807) is 13.8 Å². The number of hydrogen-bond acceptors (Lipinski definition) is 4. The molecule has 1 aliphatic rings. The van der Waals surface area contributed by atoms with Crippen LogP contribution < -0.4 is 0 Å². The molecule has 4 nitrogen and oxygen atoms in total. The van der Waals surface area contributed by atoms with Crippen LogP contribution in [0.15, 0.2) is 30.3 Å². The van der Waals surface area contributed by atoms with Gasteiger partial charge in [0, 0.05) is 6.54 Å². The van der Waals surface area contributed by atoms with Crippen molar-refractivity contribution in [3.63, 3.8) is 0 Å². The maximum atomic E-state index is 12.4. The topological polar surface area (TPSA) is 49.8 Å². The molecule has 0 radical (unpaired) electrons. The first kappa shape index (κ1) is 15.0. The molecule has 0 aromatic heterocycles. The van der Waals surface area contributed by atoms with Gasteiger partial charge in [-0.25, -0.2) is 4.79 Å². The second kappa shape index (κ2) is 6.37. The van der Waals surface area contributed by atoms with Gasteiger partial charge in [-0.15, -0.1) is 0 Å². The summed E-state index contributed by atoms with van der Waals surface area (Å²) < 4.78 is 5.22. The molecule has 0 amide bonds. The van der Waals surface area contributed by atoms with Gasteiger partial charge in [-0.2, -0.15) is 0 Å². The summed E-state index contributed by atoms with van der Waals surface area (Å²) in [4.78, 5) is 14.4. The van der Waals surface area contributed by atoms with E-state index in [0.717, 1.165) is 18.5 Å².